The van der Waals surface area contributed by atoms with Gasteiger partial charge >= 0.3 is 17.9 Å². The van der Waals surface area contributed by atoms with Crippen LogP contribution in [0.25, 0.3) is 0 Å². The highest BCUT2D eigenvalue weighted by atomic mass is 16.7. The van der Waals surface area contributed by atoms with Gasteiger partial charge in [0, 0.05) is 7.11 Å². The van der Waals surface area contributed by atoms with Gasteiger partial charge in [0.1, 0.15) is 12.2 Å². The van der Waals surface area contributed by atoms with Crippen LogP contribution in [-0.4, -0.2) is 49.6 Å². The van der Waals surface area contributed by atoms with Gasteiger partial charge in [-0.1, -0.05) is 84.9 Å². The number of methoxy groups -OCH3 is 1. The van der Waals surface area contributed by atoms with Crippen LogP contribution in [-0.2, 0) is 23.7 Å². The number of hydrogen-bond donors (Lipinski definition) is 0. The lowest BCUT2D eigenvalue weighted by molar-refractivity contribution is -0.285. The molecule has 8 heteroatoms. The SMILES string of the molecule is CO[C@@H]1[C@@H](OC(=O)c2ccccc2)[C@@H](OC(=O)c2ccccc2)C(OC(=O)c2ccccc2)O[C@@H]1c1ccccc1. The van der Waals surface area contributed by atoms with Crippen molar-refractivity contribution in [2.45, 2.75) is 30.7 Å². The molecule has 4 aromatic carbocycles. The van der Waals surface area contributed by atoms with Crippen molar-refractivity contribution >= 4 is 17.9 Å². The predicted molar refractivity (Wildman–Crippen MR) is 148 cm³/mol. The molecule has 0 spiro atoms. The maximum atomic E-state index is 13.3. The summed E-state index contributed by atoms with van der Waals surface area (Å²) in [5.41, 5.74) is 1.50. The van der Waals surface area contributed by atoms with Crippen LogP contribution in [0.3, 0.4) is 0 Å². The Balaban J connectivity index is 1.55. The second kappa shape index (κ2) is 13.0. The molecule has 1 saturated heterocycles. The Bertz CT molecular complexity index is 1440. The molecule has 0 aliphatic carbocycles. The van der Waals surface area contributed by atoms with Gasteiger partial charge in [0.15, 0.2) is 6.10 Å². The summed E-state index contributed by atoms with van der Waals surface area (Å²) in [6.07, 6.45) is -5.79. The van der Waals surface area contributed by atoms with E-state index in [0.29, 0.717) is 5.56 Å². The van der Waals surface area contributed by atoms with E-state index < -0.39 is 48.6 Å². The third-order valence-electron chi connectivity index (χ3n) is 6.63. The van der Waals surface area contributed by atoms with Gasteiger partial charge < -0.3 is 23.7 Å². The second-order valence-corrected chi connectivity index (χ2v) is 9.28. The molecule has 0 N–H and O–H groups in total. The zero-order valence-electron chi connectivity index (χ0n) is 22.2. The summed E-state index contributed by atoms with van der Waals surface area (Å²) in [5.74, 6) is -2.08. The summed E-state index contributed by atoms with van der Waals surface area (Å²) in [4.78, 5) is 39.7. The molecule has 41 heavy (non-hydrogen) atoms. The molecule has 4 aromatic rings. The fourth-order valence-corrected chi connectivity index (χ4v) is 4.61. The summed E-state index contributed by atoms with van der Waals surface area (Å²) in [6, 6.07) is 34.2. The van der Waals surface area contributed by atoms with Crippen molar-refractivity contribution in [1.29, 1.82) is 0 Å². The molecule has 1 aliphatic heterocycles. The van der Waals surface area contributed by atoms with Gasteiger partial charge in [0.05, 0.1) is 16.7 Å². The largest absolute Gasteiger partial charge is 0.452 e. The summed E-state index contributed by atoms with van der Waals surface area (Å²) >= 11 is 0. The van der Waals surface area contributed by atoms with E-state index in [1.807, 2.05) is 30.3 Å². The van der Waals surface area contributed by atoms with Gasteiger partial charge in [-0.15, -0.1) is 0 Å². The number of esters is 3. The molecule has 0 radical (unpaired) electrons. The first-order valence-corrected chi connectivity index (χ1v) is 13.1. The summed E-state index contributed by atoms with van der Waals surface area (Å²) < 4.78 is 29.8. The standard InChI is InChI=1S/C33H28O8/c1-37-27-26(22-14-6-2-7-15-22)40-33(41-32(36)25-20-12-5-13-21-25)29(39-31(35)24-18-10-4-11-19-24)28(27)38-30(34)23-16-8-3-9-17-23/h2-21,26-29,33H,1H3/t26-,27+,28-,29-,33?/m1/s1. The predicted octanol–water partition coefficient (Wildman–Crippen LogP) is 5.41. The first-order valence-electron chi connectivity index (χ1n) is 13.1. The molecule has 208 valence electrons. The van der Waals surface area contributed by atoms with Crippen LogP contribution in [0.15, 0.2) is 121 Å². The average molecular weight is 553 g/mol. The van der Waals surface area contributed by atoms with Crippen molar-refractivity contribution in [3.8, 4) is 0 Å². The number of carbonyl (C=O) groups is 3. The minimum atomic E-state index is -1.44. The maximum Gasteiger partial charge on any atom is 0.340 e. The third kappa shape index (κ3) is 6.51. The average Bonchev–Trinajstić information content (AvgIpc) is 3.03. The van der Waals surface area contributed by atoms with Crippen LogP contribution in [0, 0.1) is 0 Å². The molecule has 0 saturated carbocycles. The van der Waals surface area contributed by atoms with Crippen molar-refractivity contribution in [3.63, 3.8) is 0 Å². The molecule has 0 aromatic heterocycles. The Morgan fingerprint density at radius 3 is 1.34 bits per heavy atom. The number of carbonyl (C=O) groups excluding carboxylic acids is 3. The molecule has 1 unspecified atom stereocenters. The van der Waals surface area contributed by atoms with Crippen molar-refractivity contribution < 1.29 is 38.1 Å². The molecule has 5 atom stereocenters. The zero-order chi connectivity index (χ0) is 28.6. The van der Waals surface area contributed by atoms with Crippen molar-refractivity contribution in [1.82, 2.24) is 0 Å². The number of rotatable bonds is 8. The molecule has 1 fully saturated rings. The summed E-state index contributed by atoms with van der Waals surface area (Å²) in [5, 5.41) is 0. The highest BCUT2D eigenvalue weighted by Gasteiger charge is 2.53. The van der Waals surface area contributed by atoms with Gasteiger partial charge in [-0.05, 0) is 42.0 Å². The molecule has 5 rings (SSSR count). The van der Waals surface area contributed by atoms with Gasteiger partial charge in [0.25, 0.3) is 0 Å². The van der Waals surface area contributed by atoms with E-state index in [-0.39, 0.29) is 16.7 Å². The van der Waals surface area contributed by atoms with E-state index in [1.165, 1.54) is 7.11 Å². The first-order chi connectivity index (χ1) is 20.0. The van der Waals surface area contributed by atoms with E-state index in [2.05, 4.69) is 0 Å². The van der Waals surface area contributed by atoms with Crippen LogP contribution < -0.4 is 0 Å². The van der Waals surface area contributed by atoms with Crippen molar-refractivity contribution in [2.75, 3.05) is 7.11 Å². The van der Waals surface area contributed by atoms with E-state index in [0.717, 1.165) is 0 Å². The fraction of sp³-hybridized carbons (Fsp3) is 0.182. The van der Waals surface area contributed by atoms with Gasteiger partial charge in [-0.3, -0.25) is 0 Å². The van der Waals surface area contributed by atoms with E-state index in [4.69, 9.17) is 23.7 Å². The molecule has 0 amide bonds. The monoisotopic (exact) mass is 552 g/mol. The Morgan fingerprint density at radius 2 is 0.902 bits per heavy atom. The molecular weight excluding hydrogens is 524 g/mol. The van der Waals surface area contributed by atoms with Crippen LogP contribution in [0.1, 0.15) is 42.7 Å². The van der Waals surface area contributed by atoms with Gasteiger partial charge in [-0.2, -0.15) is 0 Å². The molecule has 8 nitrogen and oxygen atoms in total. The highest BCUT2D eigenvalue weighted by molar-refractivity contribution is 5.91. The smallest absolute Gasteiger partial charge is 0.340 e. The Labute approximate surface area is 237 Å². The summed E-state index contributed by atoms with van der Waals surface area (Å²) in [7, 11) is 1.44. The molecule has 1 aliphatic rings. The number of benzene rings is 4. The normalized spacial score (nSPS) is 21.8. The van der Waals surface area contributed by atoms with Gasteiger partial charge in [0.2, 0.25) is 12.4 Å². The maximum absolute atomic E-state index is 13.3. The van der Waals surface area contributed by atoms with Gasteiger partial charge in [-0.25, -0.2) is 14.4 Å². The van der Waals surface area contributed by atoms with Crippen LogP contribution in [0.2, 0.25) is 0 Å². The minimum Gasteiger partial charge on any atom is -0.452 e. The lowest BCUT2D eigenvalue weighted by atomic mass is 9.93. The highest BCUT2D eigenvalue weighted by Crippen LogP contribution is 2.38. The summed E-state index contributed by atoms with van der Waals surface area (Å²) in [6.45, 7) is 0. The second-order valence-electron chi connectivity index (χ2n) is 9.28. The molecule has 0 bridgehead atoms. The van der Waals surface area contributed by atoms with Crippen molar-refractivity contribution in [2.24, 2.45) is 0 Å². The van der Waals surface area contributed by atoms with E-state index in [9.17, 15) is 14.4 Å². The number of hydrogen-bond acceptors (Lipinski definition) is 8. The Hall–Kier alpha value is -4.79. The lowest BCUT2D eigenvalue weighted by Crippen LogP contribution is -2.59. The molecule has 1 heterocycles. The van der Waals surface area contributed by atoms with E-state index >= 15 is 0 Å². The third-order valence-corrected chi connectivity index (χ3v) is 6.63. The Morgan fingerprint density at radius 1 is 0.512 bits per heavy atom. The van der Waals surface area contributed by atoms with Crippen LogP contribution >= 0.6 is 0 Å². The minimum absolute atomic E-state index is 0.257. The topological polar surface area (TPSA) is 97.4 Å². The number of ether oxygens (including phenoxy) is 5. The lowest BCUT2D eigenvalue weighted by Gasteiger charge is -2.44. The van der Waals surface area contributed by atoms with E-state index in [1.54, 1.807) is 91.0 Å². The quantitative estimate of drug-likeness (QED) is 0.212. The molecular formula is C33H28O8. The fourth-order valence-electron chi connectivity index (χ4n) is 4.61. The van der Waals surface area contributed by atoms with Crippen LogP contribution in [0.4, 0.5) is 0 Å². The Kier molecular flexibility index (Phi) is 8.83. The van der Waals surface area contributed by atoms with Crippen molar-refractivity contribution in [3.05, 3.63) is 144 Å². The zero-order valence-corrected chi connectivity index (χ0v) is 22.2. The van der Waals surface area contributed by atoms with Crippen LogP contribution in [0.5, 0.6) is 0 Å². The first kappa shape index (κ1) is 27.8.